The molecule has 142 valence electrons. The zero-order valence-electron chi connectivity index (χ0n) is 15.8. The zero-order valence-corrected chi connectivity index (χ0v) is 16.6. The number of esters is 1. The van der Waals surface area contributed by atoms with E-state index in [0.717, 1.165) is 26.4 Å². The Balaban J connectivity index is 1.68. The number of rotatable bonds is 4. The summed E-state index contributed by atoms with van der Waals surface area (Å²) >= 11 is 1.52. The van der Waals surface area contributed by atoms with Crippen molar-refractivity contribution in [3.8, 4) is 11.3 Å². The highest BCUT2D eigenvalue weighted by molar-refractivity contribution is 7.23. The molecule has 2 heterocycles. The Bertz CT molecular complexity index is 1190. The lowest BCUT2D eigenvalue weighted by molar-refractivity contribution is 0.0526. The quantitative estimate of drug-likeness (QED) is 0.490. The Kier molecular flexibility index (Phi) is 4.60. The summed E-state index contributed by atoms with van der Waals surface area (Å²) in [6.45, 7) is 2.15. The molecule has 0 N–H and O–H groups in total. The van der Waals surface area contributed by atoms with Gasteiger partial charge in [0.1, 0.15) is 0 Å². The van der Waals surface area contributed by atoms with Gasteiger partial charge in [-0.2, -0.15) is 0 Å². The lowest BCUT2D eigenvalue weighted by Gasteiger charge is -2.10. The second-order valence-electron chi connectivity index (χ2n) is 6.56. The zero-order chi connectivity index (χ0) is 19.8. The first-order valence-corrected chi connectivity index (χ1v) is 9.70. The van der Waals surface area contributed by atoms with Crippen molar-refractivity contribution in [2.45, 2.75) is 6.92 Å². The lowest BCUT2D eigenvalue weighted by atomic mass is 10.1. The minimum Gasteiger partial charge on any atom is -0.462 e. The number of amides is 1. The van der Waals surface area contributed by atoms with Crippen LogP contribution in [-0.4, -0.2) is 46.9 Å². The van der Waals surface area contributed by atoms with Crippen LogP contribution in [0.4, 0.5) is 0 Å². The molecule has 1 amide bonds. The third-order valence-corrected chi connectivity index (χ3v) is 5.46. The number of imidazole rings is 1. The Hall–Kier alpha value is -3.19. The standard InChI is InChI=1S/C21H19N3O3S/c1-4-27-20(26)15-9-10-17-18(11-15)28-21-22-16(12-24(17)21)13-5-7-14(8-6-13)19(25)23(2)3/h5-12H,4H2,1-3H3. The molecule has 0 saturated carbocycles. The average molecular weight is 393 g/mol. The minimum atomic E-state index is -0.316. The first-order chi connectivity index (χ1) is 13.5. The van der Waals surface area contributed by atoms with Crippen molar-refractivity contribution in [3.63, 3.8) is 0 Å². The fourth-order valence-electron chi connectivity index (χ4n) is 3.02. The summed E-state index contributed by atoms with van der Waals surface area (Å²) in [6.07, 6.45) is 1.97. The Morgan fingerprint density at radius 3 is 2.50 bits per heavy atom. The van der Waals surface area contributed by atoms with Gasteiger partial charge < -0.3 is 9.64 Å². The summed E-state index contributed by atoms with van der Waals surface area (Å²) in [4.78, 5) is 31.1. The fraction of sp³-hybridized carbons (Fsp3) is 0.190. The Labute approximate surface area is 166 Å². The SMILES string of the molecule is CCOC(=O)c1ccc2c(c1)sc1nc(-c3ccc(C(=O)N(C)C)cc3)cn12. The normalized spacial score (nSPS) is 11.1. The summed E-state index contributed by atoms with van der Waals surface area (Å²) in [5.41, 5.74) is 3.96. The summed E-state index contributed by atoms with van der Waals surface area (Å²) in [6, 6.07) is 13.0. The number of hydrogen-bond acceptors (Lipinski definition) is 5. The van der Waals surface area contributed by atoms with E-state index in [1.54, 1.807) is 32.0 Å². The maximum Gasteiger partial charge on any atom is 0.338 e. The molecule has 0 unspecified atom stereocenters. The van der Waals surface area contributed by atoms with Crippen LogP contribution in [0.15, 0.2) is 48.7 Å². The van der Waals surface area contributed by atoms with E-state index < -0.39 is 0 Å². The Morgan fingerprint density at radius 1 is 1.11 bits per heavy atom. The molecule has 0 fully saturated rings. The molecule has 0 saturated heterocycles. The monoisotopic (exact) mass is 393 g/mol. The van der Waals surface area contributed by atoms with E-state index in [0.29, 0.717) is 17.7 Å². The second kappa shape index (κ2) is 7.09. The number of nitrogens with zero attached hydrogens (tertiary/aromatic N) is 3. The van der Waals surface area contributed by atoms with E-state index in [-0.39, 0.29) is 11.9 Å². The number of thiazole rings is 1. The maximum atomic E-state index is 12.0. The van der Waals surface area contributed by atoms with Crippen molar-refractivity contribution in [3.05, 3.63) is 59.8 Å². The molecule has 0 aliphatic heterocycles. The summed E-state index contributed by atoms with van der Waals surface area (Å²) < 4.78 is 8.06. The van der Waals surface area contributed by atoms with Gasteiger partial charge in [0.2, 0.25) is 0 Å². The predicted molar refractivity (Wildman–Crippen MR) is 110 cm³/mol. The fourth-order valence-corrected chi connectivity index (χ4v) is 4.07. The topological polar surface area (TPSA) is 63.9 Å². The van der Waals surface area contributed by atoms with Crippen LogP contribution in [-0.2, 0) is 4.74 Å². The van der Waals surface area contributed by atoms with Crippen LogP contribution in [0.3, 0.4) is 0 Å². The summed E-state index contributed by atoms with van der Waals surface area (Å²) in [7, 11) is 3.47. The summed E-state index contributed by atoms with van der Waals surface area (Å²) in [5.74, 6) is -0.343. The molecule has 7 heteroatoms. The van der Waals surface area contributed by atoms with Crippen LogP contribution >= 0.6 is 11.3 Å². The number of carbonyl (C=O) groups excluding carboxylic acids is 2. The molecule has 0 spiro atoms. The molecule has 2 aromatic heterocycles. The molecule has 4 rings (SSSR count). The second-order valence-corrected chi connectivity index (χ2v) is 7.57. The molecule has 4 aromatic rings. The Morgan fingerprint density at radius 2 is 1.82 bits per heavy atom. The van der Waals surface area contributed by atoms with Gasteiger partial charge in [-0.15, -0.1) is 0 Å². The van der Waals surface area contributed by atoms with Crippen LogP contribution in [0.2, 0.25) is 0 Å². The molecule has 0 atom stereocenters. The number of carbonyl (C=O) groups is 2. The molecule has 6 nitrogen and oxygen atoms in total. The molecule has 0 aliphatic carbocycles. The largest absolute Gasteiger partial charge is 0.462 e. The molecular formula is C21H19N3O3S. The molecule has 0 aliphatic rings. The van der Waals surface area contributed by atoms with Gasteiger partial charge in [-0.25, -0.2) is 9.78 Å². The van der Waals surface area contributed by atoms with E-state index in [4.69, 9.17) is 9.72 Å². The average Bonchev–Trinajstić information content (AvgIpc) is 3.25. The number of aromatic nitrogens is 2. The lowest BCUT2D eigenvalue weighted by Crippen LogP contribution is -2.21. The molecular weight excluding hydrogens is 374 g/mol. The number of benzene rings is 2. The highest BCUT2D eigenvalue weighted by atomic mass is 32.1. The molecule has 0 radical (unpaired) electrons. The van der Waals surface area contributed by atoms with E-state index in [1.807, 2.05) is 47.0 Å². The maximum absolute atomic E-state index is 12.0. The van der Waals surface area contributed by atoms with Gasteiger partial charge in [0.15, 0.2) is 4.96 Å². The van der Waals surface area contributed by atoms with Gasteiger partial charge in [0, 0.05) is 31.4 Å². The van der Waals surface area contributed by atoms with Crippen molar-refractivity contribution >= 4 is 38.4 Å². The van der Waals surface area contributed by atoms with Gasteiger partial charge in [0.05, 0.1) is 28.1 Å². The number of fused-ring (bicyclic) bond motifs is 3. The minimum absolute atomic E-state index is 0.0271. The van der Waals surface area contributed by atoms with E-state index in [2.05, 4.69) is 0 Å². The number of ether oxygens (including phenoxy) is 1. The highest BCUT2D eigenvalue weighted by Crippen LogP contribution is 2.30. The third-order valence-electron chi connectivity index (χ3n) is 4.44. The first-order valence-electron chi connectivity index (χ1n) is 8.89. The molecule has 0 bridgehead atoms. The third kappa shape index (κ3) is 3.14. The van der Waals surface area contributed by atoms with Crippen LogP contribution in [0.1, 0.15) is 27.6 Å². The predicted octanol–water partition coefficient (Wildman–Crippen LogP) is 4.09. The highest BCUT2D eigenvalue weighted by Gasteiger charge is 2.14. The smallest absolute Gasteiger partial charge is 0.338 e. The van der Waals surface area contributed by atoms with Crippen molar-refractivity contribution in [1.29, 1.82) is 0 Å². The van der Waals surface area contributed by atoms with Gasteiger partial charge >= 0.3 is 5.97 Å². The van der Waals surface area contributed by atoms with Gasteiger partial charge in [-0.1, -0.05) is 23.5 Å². The first kappa shape index (κ1) is 18.2. The van der Waals surface area contributed by atoms with Gasteiger partial charge in [0.25, 0.3) is 5.91 Å². The van der Waals surface area contributed by atoms with Crippen molar-refractivity contribution in [2.75, 3.05) is 20.7 Å². The van der Waals surface area contributed by atoms with E-state index >= 15 is 0 Å². The van der Waals surface area contributed by atoms with E-state index in [9.17, 15) is 9.59 Å². The van der Waals surface area contributed by atoms with Crippen molar-refractivity contribution in [1.82, 2.24) is 14.3 Å². The number of hydrogen-bond donors (Lipinski definition) is 0. The van der Waals surface area contributed by atoms with E-state index in [1.165, 1.54) is 11.3 Å². The van der Waals surface area contributed by atoms with Crippen molar-refractivity contribution < 1.29 is 14.3 Å². The van der Waals surface area contributed by atoms with Gasteiger partial charge in [-0.3, -0.25) is 9.20 Å². The van der Waals surface area contributed by atoms with Crippen molar-refractivity contribution in [2.24, 2.45) is 0 Å². The van der Waals surface area contributed by atoms with Crippen LogP contribution in [0.5, 0.6) is 0 Å². The van der Waals surface area contributed by atoms with Crippen LogP contribution in [0.25, 0.3) is 26.4 Å². The summed E-state index contributed by atoms with van der Waals surface area (Å²) in [5, 5.41) is 0. The van der Waals surface area contributed by atoms with Gasteiger partial charge in [-0.05, 0) is 37.3 Å². The van der Waals surface area contributed by atoms with Crippen LogP contribution in [0, 0.1) is 0 Å². The van der Waals surface area contributed by atoms with Crippen LogP contribution < -0.4 is 0 Å². The molecule has 2 aromatic carbocycles. The molecule has 28 heavy (non-hydrogen) atoms.